The van der Waals surface area contributed by atoms with Crippen molar-refractivity contribution in [1.82, 2.24) is 4.98 Å². The first-order valence-electron chi connectivity index (χ1n) is 4.05. The zero-order valence-corrected chi connectivity index (χ0v) is 8.34. The predicted octanol–water partition coefficient (Wildman–Crippen LogP) is 2.96. The van der Waals surface area contributed by atoms with Crippen LogP contribution >= 0.6 is 11.3 Å². The van der Waals surface area contributed by atoms with Crippen molar-refractivity contribution in [2.24, 2.45) is 0 Å². The lowest BCUT2D eigenvalue weighted by Crippen LogP contribution is -1.82. The fraction of sp³-hybridized carbons (Fsp3) is 0.100. The average molecular weight is 209 g/mol. The smallest absolute Gasteiger partial charge is 0.224 e. The number of aromatic nitrogens is 1. The van der Waals surface area contributed by atoms with Gasteiger partial charge in [0.1, 0.15) is 10.8 Å². The molecule has 0 saturated carbocycles. The maximum absolute atomic E-state index is 12.6. The lowest BCUT2D eigenvalue weighted by molar-refractivity contribution is 0.401. The van der Waals surface area contributed by atoms with Crippen LogP contribution in [0.2, 0.25) is 0 Å². The molecule has 0 radical (unpaired) electrons. The summed E-state index contributed by atoms with van der Waals surface area (Å²) in [7, 11) is 1.57. The highest BCUT2D eigenvalue weighted by Crippen LogP contribution is 2.26. The van der Waals surface area contributed by atoms with Gasteiger partial charge < -0.3 is 4.74 Å². The van der Waals surface area contributed by atoms with Gasteiger partial charge in [-0.15, -0.1) is 11.3 Å². The van der Waals surface area contributed by atoms with Crippen molar-refractivity contribution < 1.29 is 9.13 Å². The van der Waals surface area contributed by atoms with Gasteiger partial charge in [0.25, 0.3) is 0 Å². The summed E-state index contributed by atoms with van der Waals surface area (Å²) in [5, 5.41) is 2.65. The summed E-state index contributed by atoms with van der Waals surface area (Å²) in [6.07, 6.45) is 0. The fourth-order valence-electron chi connectivity index (χ4n) is 1.08. The molecule has 1 heterocycles. The number of benzene rings is 1. The summed E-state index contributed by atoms with van der Waals surface area (Å²) in [6, 6.07) is 6.24. The van der Waals surface area contributed by atoms with Gasteiger partial charge in [-0.05, 0) is 24.3 Å². The monoisotopic (exact) mass is 209 g/mol. The number of methoxy groups -OCH3 is 1. The molecule has 14 heavy (non-hydrogen) atoms. The van der Waals surface area contributed by atoms with E-state index >= 15 is 0 Å². The summed E-state index contributed by atoms with van der Waals surface area (Å²) in [4.78, 5) is 4.20. The van der Waals surface area contributed by atoms with E-state index in [1.54, 1.807) is 19.2 Å². The Hall–Kier alpha value is -1.42. The van der Waals surface area contributed by atoms with E-state index in [9.17, 15) is 4.39 Å². The van der Waals surface area contributed by atoms with Gasteiger partial charge in [-0.2, -0.15) is 0 Å². The molecule has 0 unspecified atom stereocenters. The number of halogens is 1. The number of hydrogen-bond donors (Lipinski definition) is 0. The van der Waals surface area contributed by atoms with Crippen LogP contribution in [-0.2, 0) is 0 Å². The third kappa shape index (κ3) is 1.75. The molecule has 0 aliphatic rings. The summed E-state index contributed by atoms with van der Waals surface area (Å²) >= 11 is 1.47. The molecule has 0 aliphatic heterocycles. The van der Waals surface area contributed by atoms with Crippen LogP contribution in [-0.4, -0.2) is 12.1 Å². The van der Waals surface area contributed by atoms with E-state index in [1.807, 2.05) is 5.38 Å². The van der Waals surface area contributed by atoms with Gasteiger partial charge in [-0.1, -0.05) is 0 Å². The number of ether oxygens (including phenoxy) is 1. The van der Waals surface area contributed by atoms with Gasteiger partial charge in [-0.25, -0.2) is 9.37 Å². The van der Waals surface area contributed by atoms with E-state index < -0.39 is 0 Å². The Labute approximate surface area is 85.0 Å². The molecule has 1 aromatic heterocycles. The Morgan fingerprint density at radius 2 is 2.00 bits per heavy atom. The van der Waals surface area contributed by atoms with Crippen LogP contribution in [0.3, 0.4) is 0 Å². The van der Waals surface area contributed by atoms with Crippen molar-refractivity contribution in [1.29, 1.82) is 0 Å². The van der Waals surface area contributed by atoms with Gasteiger partial charge in [0.15, 0.2) is 0 Å². The first-order valence-corrected chi connectivity index (χ1v) is 4.93. The van der Waals surface area contributed by atoms with Crippen LogP contribution in [0.4, 0.5) is 4.39 Å². The van der Waals surface area contributed by atoms with Crippen LogP contribution in [0.15, 0.2) is 29.6 Å². The van der Waals surface area contributed by atoms with Crippen LogP contribution in [0.25, 0.3) is 10.6 Å². The van der Waals surface area contributed by atoms with E-state index in [4.69, 9.17) is 4.74 Å². The number of nitrogens with zero attached hydrogens (tertiary/aromatic N) is 1. The zero-order valence-electron chi connectivity index (χ0n) is 7.53. The third-order valence-electron chi connectivity index (χ3n) is 1.78. The molecule has 4 heteroatoms. The van der Waals surface area contributed by atoms with E-state index in [0.29, 0.717) is 5.88 Å². The van der Waals surface area contributed by atoms with E-state index in [2.05, 4.69) is 4.98 Å². The molecule has 0 aliphatic carbocycles. The van der Waals surface area contributed by atoms with Gasteiger partial charge in [0.05, 0.1) is 12.5 Å². The second-order valence-corrected chi connectivity index (χ2v) is 3.56. The Morgan fingerprint density at radius 3 is 2.57 bits per heavy atom. The normalized spacial score (nSPS) is 10.1. The maximum Gasteiger partial charge on any atom is 0.224 e. The lowest BCUT2D eigenvalue weighted by atomic mass is 10.2. The lowest BCUT2D eigenvalue weighted by Gasteiger charge is -1.94. The maximum atomic E-state index is 12.6. The second-order valence-electron chi connectivity index (χ2n) is 2.70. The quantitative estimate of drug-likeness (QED) is 0.758. The van der Waals surface area contributed by atoms with Gasteiger partial charge >= 0.3 is 0 Å². The summed E-state index contributed by atoms with van der Waals surface area (Å²) in [6.45, 7) is 0. The predicted molar refractivity (Wildman–Crippen MR) is 54.1 cm³/mol. The molecular weight excluding hydrogens is 201 g/mol. The van der Waals surface area contributed by atoms with E-state index in [0.717, 1.165) is 10.6 Å². The topological polar surface area (TPSA) is 22.1 Å². The van der Waals surface area contributed by atoms with Crippen molar-refractivity contribution in [3.05, 3.63) is 35.5 Å². The molecule has 0 spiro atoms. The van der Waals surface area contributed by atoms with Crippen LogP contribution < -0.4 is 4.74 Å². The van der Waals surface area contributed by atoms with Crippen molar-refractivity contribution in [3.8, 4) is 16.5 Å². The van der Waals surface area contributed by atoms with Crippen molar-refractivity contribution >= 4 is 11.3 Å². The SMILES string of the molecule is COc1csc(-c2ccc(F)cc2)n1. The Balaban J connectivity index is 2.34. The molecule has 0 bridgehead atoms. The van der Waals surface area contributed by atoms with Crippen LogP contribution in [0, 0.1) is 5.82 Å². The molecule has 72 valence electrons. The van der Waals surface area contributed by atoms with E-state index in [1.165, 1.54) is 23.5 Å². The molecule has 2 nitrogen and oxygen atoms in total. The fourth-order valence-corrected chi connectivity index (χ4v) is 1.85. The van der Waals surface area contributed by atoms with Gasteiger partial charge in [0.2, 0.25) is 5.88 Å². The highest BCUT2D eigenvalue weighted by molar-refractivity contribution is 7.13. The molecule has 0 saturated heterocycles. The van der Waals surface area contributed by atoms with Crippen LogP contribution in [0.5, 0.6) is 5.88 Å². The molecule has 0 amide bonds. The number of hydrogen-bond acceptors (Lipinski definition) is 3. The van der Waals surface area contributed by atoms with Crippen molar-refractivity contribution in [3.63, 3.8) is 0 Å². The molecular formula is C10H8FNOS. The standard InChI is InChI=1S/C10H8FNOS/c1-13-9-6-14-10(12-9)7-2-4-8(11)5-3-7/h2-6H,1H3. The van der Waals surface area contributed by atoms with E-state index in [-0.39, 0.29) is 5.82 Å². The molecule has 0 atom stereocenters. The second kappa shape index (κ2) is 3.75. The summed E-state index contributed by atoms with van der Waals surface area (Å²) in [5.41, 5.74) is 0.903. The molecule has 0 N–H and O–H groups in total. The zero-order chi connectivity index (χ0) is 9.97. The molecule has 2 aromatic rings. The van der Waals surface area contributed by atoms with Crippen molar-refractivity contribution in [2.45, 2.75) is 0 Å². The third-order valence-corrected chi connectivity index (χ3v) is 2.65. The Morgan fingerprint density at radius 1 is 1.29 bits per heavy atom. The molecule has 2 rings (SSSR count). The highest BCUT2D eigenvalue weighted by atomic mass is 32.1. The largest absolute Gasteiger partial charge is 0.480 e. The molecule has 0 fully saturated rings. The van der Waals surface area contributed by atoms with Gasteiger partial charge in [0, 0.05) is 5.56 Å². The number of rotatable bonds is 2. The van der Waals surface area contributed by atoms with Gasteiger partial charge in [-0.3, -0.25) is 0 Å². The number of thiazole rings is 1. The molecule has 1 aromatic carbocycles. The Bertz CT molecular complexity index is 424. The first kappa shape index (κ1) is 9.15. The van der Waals surface area contributed by atoms with Crippen molar-refractivity contribution in [2.75, 3.05) is 7.11 Å². The minimum Gasteiger partial charge on any atom is -0.480 e. The summed E-state index contributed by atoms with van der Waals surface area (Å²) in [5.74, 6) is 0.353. The minimum atomic E-state index is -0.239. The van der Waals surface area contributed by atoms with Crippen LogP contribution in [0.1, 0.15) is 0 Å². The minimum absolute atomic E-state index is 0.239. The average Bonchev–Trinajstić information content (AvgIpc) is 2.67. The summed E-state index contributed by atoms with van der Waals surface area (Å²) < 4.78 is 17.6. The first-order chi connectivity index (χ1) is 6.79. The highest BCUT2D eigenvalue weighted by Gasteiger charge is 2.04. The Kier molecular flexibility index (Phi) is 2.45.